The van der Waals surface area contributed by atoms with Crippen LogP contribution >= 0.6 is 23.2 Å². The summed E-state index contributed by atoms with van der Waals surface area (Å²) < 4.78 is 37.9. The lowest BCUT2D eigenvalue weighted by atomic mass is 10.1. The van der Waals surface area contributed by atoms with E-state index in [9.17, 15) is 18.0 Å². The maximum atomic E-state index is 12.6. The number of hydrogen-bond donors (Lipinski definition) is 1. The number of anilines is 1. The van der Waals surface area contributed by atoms with Gasteiger partial charge in [-0.3, -0.25) is 4.79 Å². The van der Waals surface area contributed by atoms with Crippen LogP contribution in [0, 0.1) is 0 Å². The molecule has 0 aliphatic rings. The molecule has 0 fully saturated rings. The van der Waals surface area contributed by atoms with Gasteiger partial charge >= 0.3 is 6.18 Å². The van der Waals surface area contributed by atoms with Gasteiger partial charge in [-0.05, 0) is 42.5 Å². The second kappa shape index (κ2) is 5.95. The van der Waals surface area contributed by atoms with E-state index in [2.05, 4.69) is 5.32 Å². The van der Waals surface area contributed by atoms with Crippen molar-refractivity contribution in [2.75, 3.05) is 5.32 Å². The van der Waals surface area contributed by atoms with Crippen LogP contribution in [0.3, 0.4) is 0 Å². The van der Waals surface area contributed by atoms with Crippen molar-refractivity contribution in [3.8, 4) is 0 Å². The smallest absolute Gasteiger partial charge is 0.321 e. The number of carbonyl (C=O) groups is 1. The summed E-state index contributed by atoms with van der Waals surface area (Å²) >= 11 is 11.5. The number of amides is 1. The average Bonchev–Trinajstić information content (AvgIpc) is 2.40. The minimum atomic E-state index is -4.51. The Morgan fingerprint density at radius 2 is 1.62 bits per heavy atom. The molecule has 21 heavy (non-hydrogen) atoms. The molecule has 0 bridgehead atoms. The number of rotatable bonds is 2. The van der Waals surface area contributed by atoms with Gasteiger partial charge in [-0.25, -0.2) is 0 Å². The average molecular weight is 334 g/mol. The molecule has 0 saturated heterocycles. The zero-order chi connectivity index (χ0) is 15.6. The van der Waals surface area contributed by atoms with E-state index in [0.717, 1.165) is 18.2 Å². The van der Waals surface area contributed by atoms with Crippen molar-refractivity contribution in [3.05, 3.63) is 63.6 Å². The maximum Gasteiger partial charge on any atom is 0.416 e. The summed E-state index contributed by atoms with van der Waals surface area (Å²) in [6.07, 6.45) is -4.51. The number of nitrogens with one attached hydrogen (secondary N) is 1. The predicted molar refractivity (Wildman–Crippen MR) is 75.9 cm³/mol. The first kappa shape index (κ1) is 15.7. The number of benzene rings is 2. The Labute approximate surface area is 128 Å². The molecule has 0 aliphatic heterocycles. The minimum Gasteiger partial charge on any atom is -0.321 e. The Hall–Kier alpha value is -1.72. The van der Waals surface area contributed by atoms with Crippen LogP contribution in [0.5, 0.6) is 0 Å². The first-order valence-electron chi connectivity index (χ1n) is 5.71. The molecule has 2 aromatic rings. The molecule has 0 unspecified atom stereocenters. The van der Waals surface area contributed by atoms with E-state index >= 15 is 0 Å². The van der Waals surface area contributed by atoms with Crippen molar-refractivity contribution in [1.29, 1.82) is 0 Å². The maximum absolute atomic E-state index is 12.6. The van der Waals surface area contributed by atoms with Crippen LogP contribution < -0.4 is 5.32 Å². The first-order chi connectivity index (χ1) is 9.77. The zero-order valence-electron chi connectivity index (χ0n) is 10.3. The van der Waals surface area contributed by atoms with Gasteiger partial charge in [0.25, 0.3) is 5.91 Å². The van der Waals surface area contributed by atoms with Crippen molar-refractivity contribution in [3.63, 3.8) is 0 Å². The third-order valence-electron chi connectivity index (χ3n) is 2.65. The van der Waals surface area contributed by atoms with E-state index in [1.54, 1.807) is 0 Å². The molecule has 7 heteroatoms. The number of halogens is 5. The Balaban J connectivity index is 2.26. The molecule has 0 spiro atoms. The molecule has 0 heterocycles. The number of hydrogen-bond acceptors (Lipinski definition) is 1. The highest BCUT2D eigenvalue weighted by Gasteiger charge is 2.31. The van der Waals surface area contributed by atoms with E-state index in [1.165, 1.54) is 24.3 Å². The number of carbonyl (C=O) groups excluding carboxylic acids is 1. The van der Waals surface area contributed by atoms with E-state index in [-0.39, 0.29) is 16.3 Å². The van der Waals surface area contributed by atoms with Gasteiger partial charge in [-0.1, -0.05) is 23.2 Å². The molecule has 2 aromatic carbocycles. The monoisotopic (exact) mass is 333 g/mol. The van der Waals surface area contributed by atoms with Gasteiger partial charge in [0.15, 0.2) is 0 Å². The molecular formula is C14H8Cl2F3NO. The highest BCUT2D eigenvalue weighted by molar-refractivity contribution is 6.34. The summed E-state index contributed by atoms with van der Waals surface area (Å²) in [5, 5.41) is 2.81. The fourth-order valence-corrected chi connectivity index (χ4v) is 1.88. The van der Waals surface area contributed by atoms with Crippen molar-refractivity contribution in [2.24, 2.45) is 0 Å². The van der Waals surface area contributed by atoms with Gasteiger partial charge in [-0.2, -0.15) is 13.2 Å². The summed E-state index contributed by atoms with van der Waals surface area (Å²) in [5.41, 5.74) is -0.738. The first-order valence-corrected chi connectivity index (χ1v) is 6.46. The molecule has 2 rings (SSSR count). The van der Waals surface area contributed by atoms with E-state index in [0.29, 0.717) is 5.02 Å². The highest BCUT2D eigenvalue weighted by Crippen LogP contribution is 2.34. The normalized spacial score (nSPS) is 11.3. The van der Waals surface area contributed by atoms with E-state index in [4.69, 9.17) is 23.2 Å². The molecule has 0 atom stereocenters. The third-order valence-corrected chi connectivity index (χ3v) is 3.23. The molecule has 0 aromatic heterocycles. The summed E-state index contributed by atoms with van der Waals surface area (Å²) in [4.78, 5) is 11.9. The summed E-state index contributed by atoms with van der Waals surface area (Å²) in [7, 11) is 0. The quantitative estimate of drug-likeness (QED) is 0.797. The van der Waals surface area contributed by atoms with Gasteiger partial charge in [-0.15, -0.1) is 0 Å². The third kappa shape index (κ3) is 3.89. The topological polar surface area (TPSA) is 29.1 Å². The fourth-order valence-electron chi connectivity index (χ4n) is 1.59. The molecular weight excluding hydrogens is 326 g/mol. The largest absolute Gasteiger partial charge is 0.416 e. The Kier molecular flexibility index (Phi) is 4.44. The molecule has 110 valence electrons. The highest BCUT2D eigenvalue weighted by atomic mass is 35.5. The van der Waals surface area contributed by atoms with E-state index < -0.39 is 17.6 Å². The lowest BCUT2D eigenvalue weighted by molar-refractivity contribution is -0.137. The fraction of sp³-hybridized carbons (Fsp3) is 0.0714. The van der Waals surface area contributed by atoms with E-state index in [1.807, 2.05) is 0 Å². The summed E-state index contributed by atoms with van der Waals surface area (Å²) in [6.45, 7) is 0. The second-order valence-electron chi connectivity index (χ2n) is 4.15. The van der Waals surface area contributed by atoms with Crippen molar-refractivity contribution in [1.82, 2.24) is 0 Å². The molecule has 1 N–H and O–H groups in total. The van der Waals surface area contributed by atoms with Crippen LogP contribution in [-0.4, -0.2) is 5.91 Å². The standard InChI is InChI=1S/C14H8Cl2F3NO/c15-10-4-1-8(2-5-10)13(21)20-12-7-9(14(17,18)19)3-6-11(12)16/h1-7H,(H,20,21). The SMILES string of the molecule is O=C(Nc1cc(C(F)(F)F)ccc1Cl)c1ccc(Cl)cc1. The Morgan fingerprint density at radius 3 is 2.19 bits per heavy atom. The van der Waals surface area contributed by atoms with Gasteiger partial charge in [0.1, 0.15) is 0 Å². The number of alkyl halides is 3. The van der Waals surface area contributed by atoms with Crippen molar-refractivity contribution >= 4 is 34.8 Å². The minimum absolute atomic E-state index is 0.0188. The van der Waals surface area contributed by atoms with Crippen LogP contribution in [0.2, 0.25) is 10.0 Å². The van der Waals surface area contributed by atoms with Crippen LogP contribution in [0.4, 0.5) is 18.9 Å². The molecule has 0 saturated carbocycles. The lowest BCUT2D eigenvalue weighted by Gasteiger charge is -2.11. The van der Waals surface area contributed by atoms with Crippen LogP contribution in [-0.2, 0) is 6.18 Å². The Morgan fingerprint density at radius 1 is 1.00 bits per heavy atom. The van der Waals surface area contributed by atoms with Crippen molar-refractivity contribution in [2.45, 2.75) is 6.18 Å². The van der Waals surface area contributed by atoms with Crippen LogP contribution in [0.25, 0.3) is 0 Å². The molecule has 1 amide bonds. The second-order valence-corrected chi connectivity index (χ2v) is 5.00. The Bertz CT molecular complexity index is 669. The summed E-state index contributed by atoms with van der Waals surface area (Å²) in [6, 6.07) is 8.64. The van der Waals surface area contributed by atoms with Crippen LogP contribution in [0.15, 0.2) is 42.5 Å². The molecule has 0 radical (unpaired) electrons. The summed E-state index contributed by atoms with van der Waals surface area (Å²) in [5.74, 6) is -0.576. The van der Waals surface area contributed by atoms with Gasteiger partial charge in [0.2, 0.25) is 0 Å². The molecule has 2 nitrogen and oxygen atoms in total. The predicted octanol–water partition coefficient (Wildman–Crippen LogP) is 5.26. The van der Waals surface area contributed by atoms with Crippen molar-refractivity contribution < 1.29 is 18.0 Å². The van der Waals surface area contributed by atoms with Gasteiger partial charge < -0.3 is 5.32 Å². The lowest BCUT2D eigenvalue weighted by Crippen LogP contribution is -2.13. The van der Waals surface area contributed by atoms with Gasteiger partial charge in [0.05, 0.1) is 16.3 Å². The van der Waals surface area contributed by atoms with Crippen LogP contribution in [0.1, 0.15) is 15.9 Å². The van der Waals surface area contributed by atoms with Gasteiger partial charge in [0, 0.05) is 10.6 Å². The molecule has 0 aliphatic carbocycles. The zero-order valence-corrected chi connectivity index (χ0v) is 11.9.